The highest BCUT2D eigenvalue weighted by Gasteiger charge is 2.27. The Morgan fingerprint density at radius 2 is 1.58 bits per heavy atom. The molecule has 0 radical (unpaired) electrons. The van der Waals surface area contributed by atoms with Gasteiger partial charge >= 0.3 is 0 Å². The lowest BCUT2D eigenvalue weighted by molar-refractivity contribution is -0.119. The van der Waals surface area contributed by atoms with Crippen LogP contribution < -0.4 is 14.4 Å². The molecule has 0 spiro atoms. The molecule has 0 atom stereocenters. The van der Waals surface area contributed by atoms with Gasteiger partial charge in [0.05, 0.1) is 17.1 Å². The van der Waals surface area contributed by atoms with Crippen LogP contribution in [0.3, 0.4) is 0 Å². The van der Waals surface area contributed by atoms with Gasteiger partial charge in [-0.05, 0) is 48.2 Å². The van der Waals surface area contributed by atoms with Gasteiger partial charge in [0.15, 0.2) is 0 Å². The highest BCUT2D eigenvalue weighted by atomic mass is 32.2. The molecule has 1 amide bonds. The Kier molecular flexibility index (Phi) is 8.11. The van der Waals surface area contributed by atoms with Crippen LogP contribution >= 0.6 is 0 Å². The number of carbonyl (C=O) groups is 1. The normalized spacial score (nSPS) is 11.3. The molecule has 33 heavy (non-hydrogen) atoms. The molecule has 0 bridgehead atoms. The number of sulfonamides is 1. The van der Waals surface area contributed by atoms with Crippen LogP contribution in [0.1, 0.15) is 30.9 Å². The minimum Gasteiger partial charge on any atom is -0.491 e. The third kappa shape index (κ3) is 6.14. The number of para-hydroxylation sites is 2. The molecule has 0 aliphatic heterocycles. The van der Waals surface area contributed by atoms with Gasteiger partial charge in [-0.2, -0.15) is 0 Å². The van der Waals surface area contributed by atoms with Crippen molar-refractivity contribution in [3.05, 3.63) is 90.0 Å². The van der Waals surface area contributed by atoms with Crippen molar-refractivity contribution in [3.8, 4) is 5.75 Å². The topological polar surface area (TPSA) is 75.7 Å². The second kappa shape index (κ2) is 11.0. The molecule has 0 unspecified atom stereocenters. The molecule has 6 nitrogen and oxygen atoms in total. The van der Waals surface area contributed by atoms with E-state index < -0.39 is 15.9 Å². The highest BCUT2D eigenvalue weighted by Crippen LogP contribution is 2.27. The Morgan fingerprint density at radius 3 is 2.27 bits per heavy atom. The molecule has 3 rings (SSSR count). The number of nitrogens with zero attached hydrogens (tertiary/aromatic N) is 1. The molecule has 1 N–H and O–H groups in total. The average molecular weight is 467 g/mol. The van der Waals surface area contributed by atoms with Gasteiger partial charge in [-0.25, -0.2) is 8.42 Å². The van der Waals surface area contributed by atoms with Crippen molar-refractivity contribution in [1.29, 1.82) is 0 Å². The highest BCUT2D eigenvalue weighted by molar-refractivity contribution is 7.92. The van der Waals surface area contributed by atoms with Gasteiger partial charge in [0.1, 0.15) is 18.9 Å². The van der Waals surface area contributed by atoms with E-state index >= 15 is 0 Å². The maximum Gasteiger partial charge on any atom is 0.264 e. The molecule has 0 aromatic heterocycles. The monoisotopic (exact) mass is 466 g/mol. The van der Waals surface area contributed by atoms with Gasteiger partial charge in [-0.15, -0.1) is 0 Å². The van der Waals surface area contributed by atoms with Crippen molar-refractivity contribution in [2.75, 3.05) is 24.0 Å². The lowest BCUT2D eigenvalue weighted by Crippen LogP contribution is -2.42. The van der Waals surface area contributed by atoms with Crippen LogP contribution in [0.2, 0.25) is 0 Å². The summed E-state index contributed by atoms with van der Waals surface area (Å²) >= 11 is 0. The summed E-state index contributed by atoms with van der Waals surface area (Å²) in [7, 11) is -3.92. The van der Waals surface area contributed by atoms with Crippen LogP contribution in [0.25, 0.3) is 0 Å². The van der Waals surface area contributed by atoms with E-state index in [1.165, 1.54) is 12.1 Å². The number of benzene rings is 3. The number of amides is 1. The van der Waals surface area contributed by atoms with Crippen LogP contribution in [-0.2, 0) is 14.8 Å². The number of hydrogen-bond acceptors (Lipinski definition) is 4. The van der Waals surface area contributed by atoms with Gasteiger partial charge in [-0.1, -0.05) is 68.4 Å². The molecular formula is C26H30N2O4S. The van der Waals surface area contributed by atoms with E-state index in [0.717, 1.165) is 21.2 Å². The summed E-state index contributed by atoms with van der Waals surface area (Å²) in [6.07, 6.45) is 0. The summed E-state index contributed by atoms with van der Waals surface area (Å²) < 4.78 is 33.7. The number of aryl methyl sites for hydroxylation is 1. The van der Waals surface area contributed by atoms with Crippen LogP contribution in [0.5, 0.6) is 5.75 Å². The van der Waals surface area contributed by atoms with Crippen molar-refractivity contribution >= 4 is 21.6 Å². The molecule has 3 aromatic rings. The lowest BCUT2D eigenvalue weighted by atomic mass is 10.0. The fraction of sp³-hybridized carbons (Fsp3) is 0.269. The Labute approximate surface area is 196 Å². The van der Waals surface area contributed by atoms with Crippen molar-refractivity contribution < 1.29 is 17.9 Å². The van der Waals surface area contributed by atoms with Crippen LogP contribution in [0, 0.1) is 6.92 Å². The van der Waals surface area contributed by atoms with E-state index in [-0.39, 0.29) is 24.6 Å². The summed E-state index contributed by atoms with van der Waals surface area (Å²) in [5.74, 6) is 0.704. The lowest BCUT2D eigenvalue weighted by Gasteiger charge is -2.25. The predicted molar refractivity (Wildman–Crippen MR) is 131 cm³/mol. The molecule has 0 aliphatic carbocycles. The molecule has 0 fully saturated rings. The van der Waals surface area contributed by atoms with E-state index in [1.54, 1.807) is 30.3 Å². The van der Waals surface area contributed by atoms with E-state index in [4.69, 9.17) is 4.74 Å². The predicted octanol–water partition coefficient (Wildman–Crippen LogP) is 4.51. The SMILES string of the molecule is Cc1ccccc1N(CC(=O)NCCOc1ccccc1C(C)C)S(=O)(=O)c1ccccc1. The first kappa shape index (κ1) is 24.3. The second-order valence-corrected chi connectivity index (χ2v) is 9.86. The first-order valence-electron chi connectivity index (χ1n) is 10.9. The Bertz CT molecular complexity index is 1180. The van der Waals surface area contributed by atoms with E-state index in [2.05, 4.69) is 19.2 Å². The van der Waals surface area contributed by atoms with Crippen LogP contribution in [0.15, 0.2) is 83.8 Å². The number of rotatable bonds is 10. The average Bonchev–Trinajstić information content (AvgIpc) is 2.81. The summed E-state index contributed by atoms with van der Waals surface area (Å²) in [6.45, 7) is 6.23. The zero-order valence-corrected chi connectivity index (χ0v) is 20.0. The fourth-order valence-corrected chi connectivity index (χ4v) is 5.00. The van der Waals surface area contributed by atoms with E-state index in [0.29, 0.717) is 11.6 Å². The maximum atomic E-state index is 13.4. The number of carbonyl (C=O) groups excluding carboxylic acids is 1. The summed E-state index contributed by atoms with van der Waals surface area (Å²) in [5.41, 5.74) is 2.33. The number of hydrogen-bond donors (Lipinski definition) is 1. The summed E-state index contributed by atoms with van der Waals surface area (Å²) in [5, 5.41) is 2.77. The van der Waals surface area contributed by atoms with E-state index in [1.807, 2.05) is 43.3 Å². The van der Waals surface area contributed by atoms with Gasteiger partial charge in [0, 0.05) is 0 Å². The minimum atomic E-state index is -3.92. The van der Waals surface area contributed by atoms with Gasteiger partial charge in [-0.3, -0.25) is 9.10 Å². The maximum absolute atomic E-state index is 13.4. The Hall–Kier alpha value is -3.32. The molecule has 0 saturated heterocycles. The number of nitrogens with one attached hydrogen (secondary N) is 1. The molecule has 0 heterocycles. The zero-order valence-electron chi connectivity index (χ0n) is 19.2. The third-order valence-electron chi connectivity index (χ3n) is 5.23. The molecule has 3 aromatic carbocycles. The molecular weight excluding hydrogens is 436 g/mol. The Balaban J connectivity index is 1.69. The molecule has 7 heteroatoms. The largest absolute Gasteiger partial charge is 0.491 e. The Morgan fingerprint density at radius 1 is 0.939 bits per heavy atom. The smallest absolute Gasteiger partial charge is 0.264 e. The number of anilines is 1. The molecule has 0 aliphatic rings. The number of ether oxygens (including phenoxy) is 1. The molecule has 0 saturated carbocycles. The van der Waals surface area contributed by atoms with Crippen molar-refractivity contribution in [3.63, 3.8) is 0 Å². The zero-order chi connectivity index (χ0) is 23.8. The standard InChI is InChI=1S/C26H30N2O4S/c1-20(2)23-14-8-10-16-25(23)32-18-17-27-26(29)19-28(24-15-9-7-11-21(24)3)33(30,31)22-12-5-4-6-13-22/h4-16,20H,17-19H2,1-3H3,(H,27,29). The molecule has 174 valence electrons. The van der Waals surface area contributed by atoms with Gasteiger partial charge in [0.2, 0.25) is 5.91 Å². The first-order chi connectivity index (χ1) is 15.8. The van der Waals surface area contributed by atoms with Gasteiger partial charge < -0.3 is 10.1 Å². The van der Waals surface area contributed by atoms with Crippen molar-refractivity contribution in [2.24, 2.45) is 0 Å². The first-order valence-corrected chi connectivity index (χ1v) is 12.4. The van der Waals surface area contributed by atoms with Crippen molar-refractivity contribution in [2.45, 2.75) is 31.6 Å². The minimum absolute atomic E-state index is 0.134. The van der Waals surface area contributed by atoms with Gasteiger partial charge in [0.25, 0.3) is 10.0 Å². The van der Waals surface area contributed by atoms with Crippen LogP contribution in [0.4, 0.5) is 5.69 Å². The fourth-order valence-electron chi connectivity index (χ4n) is 3.49. The van der Waals surface area contributed by atoms with Crippen LogP contribution in [-0.4, -0.2) is 34.0 Å². The third-order valence-corrected chi connectivity index (χ3v) is 7.00. The second-order valence-electron chi connectivity index (χ2n) is 8.00. The quantitative estimate of drug-likeness (QED) is 0.446. The van der Waals surface area contributed by atoms with Crippen molar-refractivity contribution in [1.82, 2.24) is 5.32 Å². The summed E-state index contributed by atoms with van der Waals surface area (Å²) in [6, 6.07) is 23.0. The summed E-state index contributed by atoms with van der Waals surface area (Å²) in [4.78, 5) is 12.9. The van der Waals surface area contributed by atoms with E-state index in [9.17, 15) is 13.2 Å².